The van der Waals surface area contributed by atoms with Crippen molar-refractivity contribution in [1.29, 1.82) is 0 Å². The van der Waals surface area contributed by atoms with E-state index in [2.05, 4.69) is 10.1 Å². The molecule has 0 spiro atoms. The molecular weight excluding hydrogens is 395 g/mol. The first-order valence-corrected chi connectivity index (χ1v) is 9.89. The minimum absolute atomic E-state index is 0.0577. The van der Waals surface area contributed by atoms with Gasteiger partial charge >= 0.3 is 6.18 Å². The first-order valence-electron chi connectivity index (χ1n) is 9.89. The van der Waals surface area contributed by atoms with E-state index in [1.807, 2.05) is 20.9 Å². The number of halogens is 3. The third kappa shape index (κ3) is 3.68. The molecule has 2 aromatic heterocycles. The highest BCUT2D eigenvalue weighted by Gasteiger charge is 2.39. The van der Waals surface area contributed by atoms with Gasteiger partial charge in [-0.15, -0.1) is 0 Å². The average Bonchev–Trinajstić information content (AvgIpc) is 3.38. The van der Waals surface area contributed by atoms with Crippen molar-refractivity contribution < 1.29 is 18.0 Å². The number of hydrogen-bond acceptors (Lipinski definition) is 3. The van der Waals surface area contributed by atoms with Crippen LogP contribution in [0.15, 0.2) is 18.2 Å². The molecular formula is C21H24F3N5O. The van der Waals surface area contributed by atoms with E-state index in [1.54, 1.807) is 34.7 Å². The molecule has 9 heteroatoms. The molecule has 1 saturated carbocycles. The quantitative estimate of drug-likeness (QED) is 0.630. The van der Waals surface area contributed by atoms with E-state index < -0.39 is 18.5 Å². The minimum atomic E-state index is -4.64. The van der Waals surface area contributed by atoms with Crippen LogP contribution in [-0.2, 0) is 31.1 Å². The molecule has 160 valence electrons. The number of aromatic nitrogens is 4. The lowest BCUT2D eigenvalue weighted by molar-refractivity contribution is -0.148. The van der Waals surface area contributed by atoms with E-state index >= 15 is 0 Å². The maximum atomic E-state index is 13.6. The lowest BCUT2D eigenvalue weighted by atomic mass is 10.1. The van der Waals surface area contributed by atoms with Crippen LogP contribution in [0.5, 0.6) is 0 Å². The van der Waals surface area contributed by atoms with Crippen LogP contribution in [0.3, 0.4) is 0 Å². The summed E-state index contributed by atoms with van der Waals surface area (Å²) in [6.45, 7) is 5.56. The Morgan fingerprint density at radius 1 is 1.23 bits per heavy atom. The lowest BCUT2D eigenvalue weighted by Gasteiger charge is -2.24. The second-order valence-electron chi connectivity index (χ2n) is 8.04. The summed E-state index contributed by atoms with van der Waals surface area (Å²) in [4.78, 5) is 18.7. The average molecular weight is 419 g/mol. The van der Waals surface area contributed by atoms with Gasteiger partial charge in [-0.05, 0) is 51.3 Å². The highest BCUT2D eigenvalue weighted by Crippen LogP contribution is 2.33. The number of aryl methyl sites for hydroxylation is 3. The summed E-state index contributed by atoms with van der Waals surface area (Å²) < 4.78 is 43.7. The van der Waals surface area contributed by atoms with E-state index in [1.165, 1.54) is 0 Å². The third-order valence-corrected chi connectivity index (χ3v) is 5.75. The zero-order chi connectivity index (χ0) is 21.8. The van der Waals surface area contributed by atoms with Crippen molar-refractivity contribution in [3.63, 3.8) is 0 Å². The Kier molecular flexibility index (Phi) is 4.86. The van der Waals surface area contributed by atoms with Crippen LogP contribution in [0.1, 0.15) is 41.2 Å². The zero-order valence-corrected chi connectivity index (χ0v) is 17.4. The molecule has 0 unspecified atom stereocenters. The Balaban J connectivity index is 1.69. The Morgan fingerprint density at radius 3 is 2.50 bits per heavy atom. The molecule has 30 heavy (non-hydrogen) atoms. The largest absolute Gasteiger partial charge is 0.449 e. The van der Waals surface area contributed by atoms with Crippen LogP contribution in [0.4, 0.5) is 13.2 Å². The van der Waals surface area contributed by atoms with Crippen LogP contribution in [0, 0.1) is 20.8 Å². The number of alkyl halides is 3. The fourth-order valence-electron chi connectivity index (χ4n) is 3.86. The maximum Gasteiger partial charge on any atom is 0.449 e. The van der Waals surface area contributed by atoms with Crippen molar-refractivity contribution in [2.75, 3.05) is 0 Å². The van der Waals surface area contributed by atoms with Crippen molar-refractivity contribution in [3.8, 4) is 0 Å². The number of hydrogen-bond donors (Lipinski definition) is 0. The molecule has 4 rings (SSSR count). The fourth-order valence-corrected chi connectivity index (χ4v) is 3.86. The molecule has 0 atom stereocenters. The Hall–Kier alpha value is -2.84. The number of amides is 1. The fraction of sp³-hybridized carbons (Fsp3) is 0.476. The molecule has 1 aliphatic carbocycles. The number of carbonyl (C=O) groups excluding carboxylic acids is 1. The molecule has 6 nitrogen and oxygen atoms in total. The third-order valence-electron chi connectivity index (χ3n) is 5.75. The number of benzene rings is 1. The van der Waals surface area contributed by atoms with Crippen LogP contribution in [0.2, 0.25) is 0 Å². The second kappa shape index (κ2) is 7.14. The number of fused-ring (bicyclic) bond motifs is 1. The van der Waals surface area contributed by atoms with Gasteiger partial charge in [0.15, 0.2) is 0 Å². The zero-order valence-electron chi connectivity index (χ0n) is 17.4. The van der Waals surface area contributed by atoms with Crippen LogP contribution in [-0.4, -0.2) is 36.2 Å². The van der Waals surface area contributed by atoms with E-state index in [-0.39, 0.29) is 17.5 Å². The Labute approximate surface area is 172 Å². The van der Waals surface area contributed by atoms with Gasteiger partial charge in [-0.3, -0.25) is 9.48 Å². The summed E-state index contributed by atoms with van der Waals surface area (Å²) in [7, 11) is 1.84. The smallest absolute Gasteiger partial charge is 0.334 e. The van der Waals surface area contributed by atoms with E-state index in [0.29, 0.717) is 12.1 Å². The number of rotatable bonds is 5. The van der Waals surface area contributed by atoms with Crippen LogP contribution in [0.25, 0.3) is 11.0 Å². The molecule has 0 aliphatic heterocycles. The normalized spacial score (nSPS) is 14.5. The van der Waals surface area contributed by atoms with Gasteiger partial charge in [0, 0.05) is 30.9 Å². The van der Waals surface area contributed by atoms with Crippen molar-refractivity contribution in [2.24, 2.45) is 7.05 Å². The molecule has 0 radical (unpaired) electrons. The highest BCUT2D eigenvalue weighted by atomic mass is 19.4. The van der Waals surface area contributed by atoms with Crippen molar-refractivity contribution >= 4 is 16.9 Å². The predicted molar refractivity (Wildman–Crippen MR) is 106 cm³/mol. The number of carbonyl (C=O) groups is 1. The SMILES string of the molecule is Cc1ccc2nc(C(F)(F)F)n(CC(=O)N(Cc3c(C)nn(C)c3C)C3CC3)c2c1. The first kappa shape index (κ1) is 20.4. The summed E-state index contributed by atoms with van der Waals surface area (Å²) in [5.74, 6) is -1.38. The topological polar surface area (TPSA) is 56.0 Å². The van der Waals surface area contributed by atoms with Gasteiger partial charge in [0.2, 0.25) is 11.7 Å². The van der Waals surface area contributed by atoms with Gasteiger partial charge in [0.25, 0.3) is 0 Å². The van der Waals surface area contributed by atoms with Gasteiger partial charge in [0.1, 0.15) is 6.54 Å². The molecule has 0 saturated heterocycles. The van der Waals surface area contributed by atoms with Crippen LogP contribution < -0.4 is 0 Å². The van der Waals surface area contributed by atoms with Crippen molar-refractivity contribution in [3.05, 3.63) is 46.5 Å². The highest BCUT2D eigenvalue weighted by molar-refractivity contribution is 5.82. The predicted octanol–water partition coefficient (Wildman–Crippen LogP) is 3.91. The lowest BCUT2D eigenvalue weighted by Crippen LogP contribution is -2.36. The van der Waals surface area contributed by atoms with Crippen molar-refractivity contribution in [1.82, 2.24) is 24.2 Å². The molecule has 1 fully saturated rings. The van der Waals surface area contributed by atoms with Gasteiger partial charge in [-0.25, -0.2) is 4.98 Å². The van der Waals surface area contributed by atoms with Gasteiger partial charge in [-0.2, -0.15) is 18.3 Å². The molecule has 0 N–H and O–H groups in total. The molecule has 1 aliphatic rings. The summed E-state index contributed by atoms with van der Waals surface area (Å²) >= 11 is 0. The second-order valence-corrected chi connectivity index (χ2v) is 8.04. The summed E-state index contributed by atoms with van der Waals surface area (Å²) in [6, 6.07) is 4.97. The van der Waals surface area contributed by atoms with E-state index in [4.69, 9.17) is 0 Å². The molecule has 1 amide bonds. The monoisotopic (exact) mass is 419 g/mol. The molecule has 0 bridgehead atoms. The van der Waals surface area contributed by atoms with E-state index in [0.717, 1.165) is 39.9 Å². The molecule has 2 heterocycles. The van der Waals surface area contributed by atoms with Crippen LogP contribution >= 0.6 is 0 Å². The van der Waals surface area contributed by atoms with Gasteiger partial charge < -0.3 is 9.47 Å². The van der Waals surface area contributed by atoms with E-state index in [9.17, 15) is 18.0 Å². The number of imidazole rings is 1. The van der Waals surface area contributed by atoms with Crippen molar-refractivity contribution in [2.45, 2.75) is 58.9 Å². The maximum absolute atomic E-state index is 13.6. The van der Waals surface area contributed by atoms with Gasteiger partial charge in [-0.1, -0.05) is 6.07 Å². The van der Waals surface area contributed by atoms with Gasteiger partial charge in [0.05, 0.1) is 16.7 Å². The molecule has 1 aromatic carbocycles. The summed E-state index contributed by atoms with van der Waals surface area (Å²) in [6.07, 6.45) is -2.92. The Bertz CT molecular complexity index is 1120. The summed E-state index contributed by atoms with van der Waals surface area (Å²) in [5.41, 5.74) is 4.09. The minimum Gasteiger partial charge on any atom is -0.334 e. The number of nitrogens with zero attached hydrogens (tertiary/aromatic N) is 5. The standard InChI is InChI=1S/C21H24F3N5O/c1-12-5-8-17-18(9-12)29(20(25-17)21(22,23)24)11-19(30)28(15-6-7-15)10-16-13(2)26-27(4)14(16)3/h5,8-9,15H,6-7,10-11H2,1-4H3. The Morgan fingerprint density at radius 2 is 1.93 bits per heavy atom. The first-order chi connectivity index (χ1) is 14.1. The summed E-state index contributed by atoms with van der Waals surface area (Å²) in [5, 5.41) is 4.39. The molecule has 3 aromatic rings.